The fourth-order valence-electron chi connectivity index (χ4n) is 1.59. The minimum absolute atomic E-state index is 0.0433. The fourth-order valence-corrected chi connectivity index (χ4v) is 1.59. The Kier molecular flexibility index (Phi) is 6.56. The number of carbonyl (C=O) groups excluding carboxylic acids is 1. The van der Waals surface area contributed by atoms with Gasteiger partial charge < -0.3 is 15.2 Å². The Morgan fingerprint density at radius 2 is 1.95 bits per heavy atom. The van der Waals surface area contributed by atoms with Crippen molar-refractivity contribution in [2.45, 2.75) is 26.7 Å². The Balaban J connectivity index is 2.34. The van der Waals surface area contributed by atoms with Crippen molar-refractivity contribution in [3.05, 3.63) is 29.8 Å². The number of nitrogens with one attached hydrogen (secondary N) is 1. The van der Waals surface area contributed by atoms with Crippen molar-refractivity contribution in [3.63, 3.8) is 0 Å². The highest BCUT2D eigenvalue weighted by atomic mass is 16.5. The maximum absolute atomic E-state index is 11.6. The molecule has 110 valence electrons. The van der Waals surface area contributed by atoms with Crippen LogP contribution in [0.2, 0.25) is 0 Å². The lowest BCUT2D eigenvalue weighted by molar-refractivity contribution is -0.139. The van der Waals surface area contributed by atoms with Gasteiger partial charge in [-0.15, -0.1) is 0 Å². The quantitative estimate of drug-likeness (QED) is 0.761. The standard InChI is InChI=1S/C15H21NO4/c1-3-11(2)15(19)16-9-8-12-4-6-13(7-5-12)20-10-14(17)18/h4-7,11H,3,8-10H2,1-2H3,(H,16,19)(H,17,18). The van der Waals surface area contributed by atoms with E-state index in [1.807, 2.05) is 26.0 Å². The molecule has 5 heteroatoms. The number of aliphatic carboxylic acids is 1. The van der Waals surface area contributed by atoms with Crippen molar-refractivity contribution < 1.29 is 19.4 Å². The number of hydrogen-bond donors (Lipinski definition) is 2. The third-order valence-electron chi connectivity index (χ3n) is 3.06. The largest absolute Gasteiger partial charge is 0.482 e. The lowest BCUT2D eigenvalue weighted by atomic mass is 10.1. The van der Waals surface area contributed by atoms with Crippen molar-refractivity contribution in [3.8, 4) is 5.75 Å². The van der Waals surface area contributed by atoms with E-state index in [1.165, 1.54) is 0 Å². The molecular formula is C15H21NO4. The van der Waals surface area contributed by atoms with E-state index < -0.39 is 5.97 Å². The van der Waals surface area contributed by atoms with E-state index >= 15 is 0 Å². The van der Waals surface area contributed by atoms with E-state index in [9.17, 15) is 9.59 Å². The van der Waals surface area contributed by atoms with Gasteiger partial charge in [0.1, 0.15) is 5.75 Å². The predicted octanol–water partition coefficient (Wildman–Crippen LogP) is 1.85. The average Bonchev–Trinajstić information content (AvgIpc) is 2.45. The molecule has 2 N–H and O–H groups in total. The summed E-state index contributed by atoms with van der Waals surface area (Å²) in [4.78, 5) is 21.9. The number of carboxylic acid groups (broad SMARTS) is 1. The summed E-state index contributed by atoms with van der Waals surface area (Å²) in [7, 11) is 0. The molecule has 0 saturated heterocycles. The van der Waals surface area contributed by atoms with Gasteiger partial charge in [-0.05, 0) is 30.5 Å². The molecule has 1 amide bonds. The first-order valence-electron chi connectivity index (χ1n) is 6.74. The van der Waals surface area contributed by atoms with E-state index in [1.54, 1.807) is 12.1 Å². The van der Waals surface area contributed by atoms with Crippen LogP contribution < -0.4 is 10.1 Å². The van der Waals surface area contributed by atoms with Gasteiger partial charge in [0, 0.05) is 12.5 Å². The highest BCUT2D eigenvalue weighted by Gasteiger charge is 2.08. The van der Waals surface area contributed by atoms with E-state index in [4.69, 9.17) is 9.84 Å². The number of rotatable bonds is 8. The van der Waals surface area contributed by atoms with Crippen LogP contribution in [-0.2, 0) is 16.0 Å². The van der Waals surface area contributed by atoms with Crippen LogP contribution >= 0.6 is 0 Å². The fraction of sp³-hybridized carbons (Fsp3) is 0.467. The maximum atomic E-state index is 11.6. The van der Waals surface area contributed by atoms with Crippen LogP contribution in [0.1, 0.15) is 25.8 Å². The molecule has 0 aliphatic carbocycles. The lowest BCUT2D eigenvalue weighted by Gasteiger charge is -2.10. The van der Waals surface area contributed by atoms with Crippen LogP contribution in [0.3, 0.4) is 0 Å². The van der Waals surface area contributed by atoms with Gasteiger partial charge in [0.25, 0.3) is 0 Å². The summed E-state index contributed by atoms with van der Waals surface area (Å²) in [5.74, 6) is -0.350. The number of amides is 1. The molecule has 0 fully saturated rings. The molecule has 0 saturated carbocycles. The molecule has 0 aliphatic heterocycles. The Morgan fingerprint density at radius 1 is 1.30 bits per heavy atom. The van der Waals surface area contributed by atoms with Crippen molar-refractivity contribution in [1.82, 2.24) is 5.32 Å². The molecule has 1 aromatic carbocycles. The van der Waals surface area contributed by atoms with E-state index in [0.29, 0.717) is 12.3 Å². The summed E-state index contributed by atoms with van der Waals surface area (Å²) in [5.41, 5.74) is 1.07. The molecule has 1 unspecified atom stereocenters. The topological polar surface area (TPSA) is 75.6 Å². The third kappa shape index (κ3) is 5.73. The number of hydrogen-bond acceptors (Lipinski definition) is 3. The van der Waals surface area contributed by atoms with Crippen LogP contribution in [-0.4, -0.2) is 30.1 Å². The second kappa shape index (κ2) is 8.19. The van der Waals surface area contributed by atoms with Gasteiger partial charge in [-0.2, -0.15) is 0 Å². The highest BCUT2D eigenvalue weighted by Crippen LogP contribution is 2.12. The van der Waals surface area contributed by atoms with Gasteiger partial charge in [0.05, 0.1) is 0 Å². The summed E-state index contributed by atoms with van der Waals surface area (Å²) < 4.78 is 5.04. The number of benzene rings is 1. The van der Waals surface area contributed by atoms with Crippen molar-refractivity contribution in [2.75, 3.05) is 13.2 Å². The molecule has 0 bridgehead atoms. The Hall–Kier alpha value is -2.04. The molecule has 1 rings (SSSR count). The summed E-state index contributed by atoms with van der Waals surface area (Å²) in [6.07, 6.45) is 1.57. The van der Waals surface area contributed by atoms with Crippen molar-refractivity contribution in [2.24, 2.45) is 5.92 Å². The van der Waals surface area contributed by atoms with Gasteiger partial charge in [-0.25, -0.2) is 4.79 Å². The highest BCUT2D eigenvalue weighted by molar-refractivity contribution is 5.78. The van der Waals surface area contributed by atoms with E-state index in [0.717, 1.165) is 18.4 Å². The number of carbonyl (C=O) groups is 2. The Morgan fingerprint density at radius 3 is 2.50 bits per heavy atom. The van der Waals surface area contributed by atoms with Gasteiger partial charge >= 0.3 is 5.97 Å². The van der Waals surface area contributed by atoms with Gasteiger partial charge in [0.2, 0.25) is 5.91 Å². The Labute approximate surface area is 118 Å². The van der Waals surface area contributed by atoms with Gasteiger partial charge in [-0.3, -0.25) is 4.79 Å². The second-order valence-corrected chi connectivity index (χ2v) is 4.68. The smallest absolute Gasteiger partial charge is 0.341 e. The molecule has 0 radical (unpaired) electrons. The summed E-state index contributed by atoms with van der Waals surface area (Å²) in [6, 6.07) is 7.20. The minimum atomic E-state index is -0.998. The second-order valence-electron chi connectivity index (χ2n) is 4.68. The molecule has 20 heavy (non-hydrogen) atoms. The van der Waals surface area contributed by atoms with Crippen LogP contribution in [0.15, 0.2) is 24.3 Å². The van der Waals surface area contributed by atoms with Crippen LogP contribution in [0.5, 0.6) is 5.75 Å². The third-order valence-corrected chi connectivity index (χ3v) is 3.06. The summed E-state index contributed by atoms with van der Waals surface area (Å²) >= 11 is 0. The van der Waals surface area contributed by atoms with Gasteiger partial charge in [-0.1, -0.05) is 26.0 Å². The first kappa shape index (κ1) is 16.0. The zero-order valence-electron chi connectivity index (χ0n) is 11.9. The molecule has 1 atom stereocenters. The zero-order valence-corrected chi connectivity index (χ0v) is 11.9. The molecule has 5 nitrogen and oxygen atoms in total. The first-order chi connectivity index (χ1) is 9.52. The first-order valence-corrected chi connectivity index (χ1v) is 6.74. The van der Waals surface area contributed by atoms with Crippen molar-refractivity contribution in [1.29, 1.82) is 0 Å². The van der Waals surface area contributed by atoms with Crippen LogP contribution in [0, 0.1) is 5.92 Å². The monoisotopic (exact) mass is 279 g/mol. The SMILES string of the molecule is CCC(C)C(=O)NCCc1ccc(OCC(=O)O)cc1. The zero-order chi connectivity index (χ0) is 15.0. The molecule has 0 aliphatic rings. The summed E-state index contributed by atoms with van der Waals surface area (Å²) in [6.45, 7) is 4.15. The molecule has 0 spiro atoms. The molecule has 0 heterocycles. The van der Waals surface area contributed by atoms with Gasteiger partial charge in [0.15, 0.2) is 6.61 Å². The van der Waals surface area contributed by atoms with E-state index in [-0.39, 0.29) is 18.4 Å². The lowest BCUT2D eigenvalue weighted by Crippen LogP contribution is -2.30. The van der Waals surface area contributed by atoms with Crippen LogP contribution in [0.4, 0.5) is 0 Å². The molecular weight excluding hydrogens is 258 g/mol. The average molecular weight is 279 g/mol. The normalized spacial score (nSPS) is 11.7. The number of carboxylic acids is 1. The number of ether oxygens (including phenoxy) is 1. The molecule has 1 aromatic rings. The van der Waals surface area contributed by atoms with Crippen molar-refractivity contribution >= 4 is 11.9 Å². The molecule has 0 aromatic heterocycles. The maximum Gasteiger partial charge on any atom is 0.341 e. The van der Waals surface area contributed by atoms with Crippen LogP contribution in [0.25, 0.3) is 0 Å². The summed E-state index contributed by atoms with van der Waals surface area (Å²) in [5, 5.41) is 11.4. The predicted molar refractivity (Wildman–Crippen MR) is 75.7 cm³/mol. The van der Waals surface area contributed by atoms with E-state index in [2.05, 4.69) is 5.32 Å². The minimum Gasteiger partial charge on any atom is -0.482 e. The Bertz CT molecular complexity index is 442.